The summed E-state index contributed by atoms with van der Waals surface area (Å²) in [6.45, 7) is 2.48. The third-order valence-electron chi connectivity index (χ3n) is 5.06. The monoisotopic (exact) mass is 456 g/mol. The van der Waals surface area contributed by atoms with Crippen LogP contribution in [0, 0.1) is 6.92 Å². The third kappa shape index (κ3) is 4.83. The number of hydrogen-bond acceptors (Lipinski definition) is 8. The van der Waals surface area contributed by atoms with Crippen LogP contribution in [0.1, 0.15) is 24.0 Å². The van der Waals surface area contributed by atoms with Gasteiger partial charge in [0.25, 0.3) is 11.1 Å². The van der Waals surface area contributed by atoms with Crippen molar-refractivity contribution in [2.24, 2.45) is 0 Å². The van der Waals surface area contributed by atoms with Gasteiger partial charge in [0.05, 0.1) is 16.5 Å². The molecule has 1 aromatic carbocycles. The highest BCUT2D eigenvalue weighted by Gasteiger charge is 2.29. The summed E-state index contributed by atoms with van der Waals surface area (Å²) in [6, 6.07) is 6.75. The average molecular weight is 456 g/mol. The molecule has 0 radical (unpaired) electrons. The van der Waals surface area contributed by atoms with E-state index in [-0.39, 0.29) is 17.9 Å². The van der Waals surface area contributed by atoms with Gasteiger partial charge in [-0.2, -0.15) is 0 Å². The van der Waals surface area contributed by atoms with Gasteiger partial charge in [0.2, 0.25) is 11.8 Å². The minimum Gasteiger partial charge on any atom is -0.475 e. The van der Waals surface area contributed by atoms with Crippen LogP contribution in [-0.2, 0) is 4.79 Å². The van der Waals surface area contributed by atoms with Gasteiger partial charge in [-0.05, 0) is 55.3 Å². The lowest BCUT2D eigenvalue weighted by atomic mass is 10.2. The molecule has 11 heteroatoms. The van der Waals surface area contributed by atoms with Crippen molar-refractivity contribution < 1.29 is 29.0 Å². The highest BCUT2D eigenvalue weighted by Crippen LogP contribution is 2.30. The zero-order valence-electron chi connectivity index (χ0n) is 17.1. The largest absolute Gasteiger partial charge is 0.475 e. The van der Waals surface area contributed by atoms with Crippen LogP contribution in [0.5, 0.6) is 17.5 Å². The van der Waals surface area contributed by atoms with Crippen molar-refractivity contribution >= 4 is 35.1 Å². The van der Waals surface area contributed by atoms with Crippen molar-refractivity contribution in [2.75, 3.05) is 13.2 Å². The van der Waals surface area contributed by atoms with Crippen LogP contribution in [0.25, 0.3) is 6.08 Å². The van der Waals surface area contributed by atoms with Crippen LogP contribution in [0.15, 0.2) is 35.5 Å². The number of ether oxygens (including phenoxy) is 2. The number of benzene rings is 1. The SMILES string of the molecule is Cc1c(OCC2CCCN2C(=O)O)ncnc1Oc1ccc(/C=C2/SC(=O)NC2=O)cc1. The topological polar surface area (TPSA) is 131 Å². The molecule has 32 heavy (non-hydrogen) atoms. The van der Waals surface area contributed by atoms with Crippen LogP contribution in [0.4, 0.5) is 9.59 Å². The molecule has 2 saturated heterocycles. The number of amides is 3. The normalized spacial score (nSPS) is 19.3. The van der Waals surface area contributed by atoms with Gasteiger partial charge in [-0.1, -0.05) is 12.1 Å². The van der Waals surface area contributed by atoms with Crippen LogP contribution in [0.2, 0.25) is 0 Å². The summed E-state index contributed by atoms with van der Waals surface area (Å²) in [6.07, 6.45) is 3.56. The molecule has 2 N–H and O–H groups in total. The number of rotatable bonds is 6. The molecule has 0 spiro atoms. The molecule has 2 aliphatic rings. The maximum atomic E-state index is 11.7. The van der Waals surface area contributed by atoms with E-state index in [1.54, 1.807) is 37.3 Å². The molecule has 1 unspecified atom stereocenters. The molecule has 0 aliphatic carbocycles. The Morgan fingerprint density at radius 1 is 1.28 bits per heavy atom. The molecule has 1 aromatic heterocycles. The van der Waals surface area contributed by atoms with Crippen LogP contribution in [-0.4, -0.2) is 56.4 Å². The average Bonchev–Trinajstić information content (AvgIpc) is 3.36. The van der Waals surface area contributed by atoms with E-state index in [1.165, 1.54) is 11.2 Å². The number of imide groups is 1. The number of nitrogens with zero attached hydrogens (tertiary/aromatic N) is 3. The third-order valence-corrected chi connectivity index (χ3v) is 5.87. The smallest absolute Gasteiger partial charge is 0.407 e. The molecule has 2 fully saturated rings. The number of hydrogen-bond donors (Lipinski definition) is 2. The predicted molar refractivity (Wildman–Crippen MR) is 116 cm³/mol. The molecule has 0 saturated carbocycles. The maximum Gasteiger partial charge on any atom is 0.407 e. The molecular formula is C21H20N4O6S. The molecule has 2 aromatic rings. The first-order valence-corrected chi connectivity index (χ1v) is 10.7. The van der Waals surface area contributed by atoms with E-state index in [4.69, 9.17) is 9.47 Å². The molecule has 1 atom stereocenters. The Morgan fingerprint density at radius 2 is 2.03 bits per heavy atom. The van der Waals surface area contributed by atoms with E-state index in [1.807, 2.05) is 0 Å². The van der Waals surface area contributed by atoms with E-state index in [0.29, 0.717) is 34.5 Å². The van der Waals surface area contributed by atoms with E-state index >= 15 is 0 Å². The zero-order chi connectivity index (χ0) is 22.7. The predicted octanol–water partition coefficient (Wildman–Crippen LogP) is 3.42. The molecule has 3 heterocycles. The number of carbonyl (C=O) groups is 3. The fourth-order valence-corrected chi connectivity index (χ4v) is 4.10. The second kappa shape index (κ2) is 9.27. The summed E-state index contributed by atoms with van der Waals surface area (Å²) in [5, 5.41) is 11.1. The van der Waals surface area contributed by atoms with Crippen molar-refractivity contribution in [3.05, 3.63) is 46.6 Å². The first-order valence-electron chi connectivity index (χ1n) is 9.87. The Balaban J connectivity index is 1.41. The van der Waals surface area contributed by atoms with Gasteiger partial charge < -0.3 is 19.5 Å². The van der Waals surface area contributed by atoms with E-state index in [0.717, 1.165) is 30.2 Å². The second-order valence-corrected chi connectivity index (χ2v) is 8.23. The minimum absolute atomic E-state index is 0.205. The summed E-state index contributed by atoms with van der Waals surface area (Å²) in [7, 11) is 0. The lowest BCUT2D eigenvalue weighted by Crippen LogP contribution is -2.38. The Kier molecular flexibility index (Phi) is 6.26. The zero-order valence-corrected chi connectivity index (χ0v) is 17.9. The first kappa shape index (κ1) is 21.6. The van der Waals surface area contributed by atoms with Crippen molar-refractivity contribution in [2.45, 2.75) is 25.8 Å². The Morgan fingerprint density at radius 3 is 2.72 bits per heavy atom. The highest BCUT2D eigenvalue weighted by atomic mass is 32.2. The highest BCUT2D eigenvalue weighted by molar-refractivity contribution is 8.18. The molecule has 166 valence electrons. The molecule has 2 aliphatic heterocycles. The van der Waals surface area contributed by atoms with Gasteiger partial charge in [-0.25, -0.2) is 14.8 Å². The fraction of sp³-hybridized carbons (Fsp3) is 0.286. The standard InChI is InChI=1S/C21H20N4O6S/c1-12-18(30-10-14-3-2-8-25(14)21(28)29)22-11-23-19(12)31-15-6-4-13(5-7-15)9-16-17(26)24-20(27)32-16/h4-7,9,11,14H,2-3,8,10H2,1H3,(H,28,29)(H,24,26,27)/b16-9+. The van der Waals surface area contributed by atoms with Crippen molar-refractivity contribution in [1.29, 1.82) is 0 Å². The quantitative estimate of drug-likeness (QED) is 0.628. The molecule has 0 bridgehead atoms. The van der Waals surface area contributed by atoms with Gasteiger partial charge >= 0.3 is 6.09 Å². The van der Waals surface area contributed by atoms with Crippen LogP contribution < -0.4 is 14.8 Å². The van der Waals surface area contributed by atoms with E-state index < -0.39 is 12.0 Å². The van der Waals surface area contributed by atoms with Gasteiger partial charge in [-0.15, -0.1) is 0 Å². The van der Waals surface area contributed by atoms with Crippen molar-refractivity contribution in [3.8, 4) is 17.5 Å². The van der Waals surface area contributed by atoms with Crippen molar-refractivity contribution in [1.82, 2.24) is 20.2 Å². The molecular weight excluding hydrogens is 436 g/mol. The fourth-order valence-electron chi connectivity index (χ4n) is 3.42. The summed E-state index contributed by atoms with van der Waals surface area (Å²) < 4.78 is 11.6. The molecule has 3 amide bonds. The van der Waals surface area contributed by atoms with Gasteiger partial charge in [0.1, 0.15) is 18.7 Å². The van der Waals surface area contributed by atoms with Crippen LogP contribution >= 0.6 is 11.8 Å². The van der Waals surface area contributed by atoms with E-state index in [9.17, 15) is 19.5 Å². The minimum atomic E-state index is -0.947. The summed E-state index contributed by atoms with van der Waals surface area (Å²) in [5.41, 5.74) is 1.34. The molecule has 4 rings (SSSR count). The van der Waals surface area contributed by atoms with Crippen LogP contribution in [0.3, 0.4) is 0 Å². The maximum absolute atomic E-state index is 11.7. The lowest BCUT2D eigenvalue weighted by Gasteiger charge is -2.21. The van der Waals surface area contributed by atoms with Gasteiger partial charge in [0.15, 0.2) is 0 Å². The van der Waals surface area contributed by atoms with Gasteiger partial charge in [-0.3, -0.25) is 14.9 Å². The lowest BCUT2D eigenvalue weighted by molar-refractivity contribution is -0.115. The van der Waals surface area contributed by atoms with Gasteiger partial charge in [0, 0.05) is 6.54 Å². The second-order valence-electron chi connectivity index (χ2n) is 7.22. The number of thioether (sulfide) groups is 1. The number of likely N-dealkylation sites (tertiary alicyclic amines) is 1. The summed E-state index contributed by atoms with van der Waals surface area (Å²) in [4.78, 5) is 44.2. The number of nitrogens with one attached hydrogen (secondary N) is 1. The number of aromatic nitrogens is 2. The number of carboxylic acid groups (broad SMARTS) is 1. The Hall–Kier alpha value is -3.60. The summed E-state index contributed by atoms with van der Waals surface area (Å²) in [5.74, 6) is 0.766. The Labute approximate surface area is 187 Å². The number of carbonyl (C=O) groups excluding carboxylic acids is 2. The van der Waals surface area contributed by atoms with Crippen molar-refractivity contribution in [3.63, 3.8) is 0 Å². The Bertz CT molecular complexity index is 1090. The molecule has 10 nitrogen and oxygen atoms in total. The first-order chi connectivity index (χ1) is 15.4. The van der Waals surface area contributed by atoms with E-state index in [2.05, 4.69) is 15.3 Å². The summed E-state index contributed by atoms with van der Waals surface area (Å²) >= 11 is 0.858.